The lowest BCUT2D eigenvalue weighted by molar-refractivity contribution is -0.116. The van der Waals surface area contributed by atoms with Crippen molar-refractivity contribution in [2.45, 2.75) is 6.61 Å². The smallest absolute Gasteiger partial charge is 0.244 e. The lowest BCUT2D eigenvalue weighted by atomic mass is 10.2. The van der Waals surface area contributed by atoms with Crippen LogP contribution in [0.15, 0.2) is 60.7 Å². The van der Waals surface area contributed by atoms with Crippen molar-refractivity contribution in [1.29, 1.82) is 0 Å². The third-order valence-corrected chi connectivity index (χ3v) is 3.20. The van der Waals surface area contributed by atoms with E-state index >= 15 is 0 Å². The maximum Gasteiger partial charge on any atom is 0.244 e. The van der Waals surface area contributed by atoms with Crippen LogP contribution in [0.2, 0.25) is 0 Å². The monoisotopic (exact) mass is 311 g/mol. The Bertz CT molecular complexity index is 621. The van der Waals surface area contributed by atoms with Crippen LogP contribution in [0.25, 0.3) is 6.08 Å². The molecular formula is C19H21NO3. The number of methoxy groups -OCH3 is 1. The maximum absolute atomic E-state index is 11.7. The number of hydrogen-bond donors (Lipinski definition) is 1. The Balaban J connectivity index is 1.63. The molecule has 0 bridgehead atoms. The van der Waals surface area contributed by atoms with Crippen molar-refractivity contribution >= 4 is 12.0 Å². The van der Waals surface area contributed by atoms with Gasteiger partial charge in [-0.3, -0.25) is 4.79 Å². The van der Waals surface area contributed by atoms with E-state index in [9.17, 15) is 4.79 Å². The number of ether oxygens (including phenoxy) is 2. The van der Waals surface area contributed by atoms with E-state index in [1.165, 1.54) is 6.08 Å². The quantitative estimate of drug-likeness (QED) is 0.602. The van der Waals surface area contributed by atoms with E-state index in [2.05, 4.69) is 5.32 Å². The molecule has 0 radical (unpaired) electrons. The highest BCUT2D eigenvalue weighted by atomic mass is 16.5. The average molecular weight is 311 g/mol. The van der Waals surface area contributed by atoms with E-state index in [1.807, 2.05) is 54.6 Å². The van der Waals surface area contributed by atoms with Crippen LogP contribution in [0.3, 0.4) is 0 Å². The summed E-state index contributed by atoms with van der Waals surface area (Å²) in [6.07, 6.45) is 3.28. The topological polar surface area (TPSA) is 47.6 Å². The number of carbonyl (C=O) groups excluding carboxylic acids is 1. The number of amides is 1. The Hall–Kier alpha value is -2.59. The van der Waals surface area contributed by atoms with Crippen molar-refractivity contribution in [3.8, 4) is 5.75 Å². The molecule has 4 heteroatoms. The Morgan fingerprint density at radius 3 is 2.52 bits per heavy atom. The zero-order chi connectivity index (χ0) is 16.3. The molecule has 0 atom stereocenters. The fraction of sp³-hybridized carbons (Fsp3) is 0.211. The summed E-state index contributed by atoms with van der Waals surface area (Å²) in [5.41, 5.74) is 2.07. The number of rotatable bonds is 8. The van der Waals surface area contributed by atoms with Gasteiger partial charge < -0.3 is 14.8 Å². The standard InChI is InChI=1S/C19H21NO3/c1-22-18-10-7-16(8-11-18)9-12-19(21)20-13-14-23-15-17-5-3-2-4-6-17/h2-12H,13-15H2,1H3,(H,20,21)/b12-9+. The summed E-state index contributed by atoms with van der Waals surface area (Å²) in [5.74, 6) is 0.659. The lowest BCUT2D eigenvalue weighted by Gasteiger charge is -2.05. The molecule has 0 heterocycles. The van der Waals surface area contributed by atoms with Crippen LogP contribution in [-0.2, 0) is 16.1 Å². The highest BCUT2D eigenvalue weighted by Crippen LogP contribution is 2.12. The van der Waals surface area contributed by atoms with Gasteiger partial charge in [-0.25, -0.2) is 0 Å². The normalized spacial score (nSPS) is 10.7. The minimum Gasteiger partial charge on any atom is -0.497 e. The van der Waals surface area contributed by atoms with E-state index in [-0.39, 0.29) is 5.91 Å². The second-order valence-electron chi connectivity index (χ2n) is 4.94. The fourth-order valence-corrected chi connectivity index (χ4v) is 1.96. The Kier molecular flexibility index (Phi) is 6.88. The molecule has 1 N–H and O–H groups in total. The van der Waals surface area contributed by atoms with E-state index in [0.717, 1.165) is 16.9 Å². The number of hydrogen-bond acceptors (Lipinski definition) is 3. The van der Waals surface area contributed by atoms with Crippen molar-refractivity contribution in [2.75, 3.05) is 20.3 Å². The largest absolute Gasteiger partial charge is 0.497 e. The van der Waals surface area contributed by atoms with Gasteiger partial charge in [0.2, 0.25) is 5.91 Å². The van der Waals surface area contributed by atoms with Crippen LogP contribution in [0.1, 0.15) is 11.1 Å². The number of benzene rings is 2. The second kappa shape index (κ2) is 9.43. The summed E-state index contributed by atoms with van der Waals surface area (Å²) < 4.78 is 10.6. The third-order valence-electron chi connectivity index (χ3n) is 3.20. The predicted octanol–water partition coefficient (Wildman–Crippen LogP) is 3.04. The molecule has 0 unspecified atom stereocenters. The van der Waals surface area contributed by atoms with Crippen molar-refractivity contribution < 1.29 is 14.3 Å². The first kappa shape index (κ1) is 16.8. The Labute approximate surface area is 136 Å². The maximum atomic E-state index is 11.7. The predicted molar refractivity (Wildman–Crippen MR) is 91.1 cm³/mol. The Morgan fingerprint density at radius 1 is 1.09 bits per heavy atom. The van der Waals surface area contributed by atoms with Crippen molar-refractivity contribution in [3.63, 3.8) is 0 Å². The molecule has 0 saturated carbocycles. The minimum absolute atomic E-state index is 0.135. The first-order valence-electron chi connectivity index (χ1n) is 7.49. The van der Waals surface area contributed by atoms with Gasteiger partial charge in [-0.15, -0.1) is 0 Å². The summed E-state index contributed by atoms with van der Waals surface area (Å²) in [4.78, 5) is 11.7. The zero-order valence-corrected chi connectivity index (χ0v) is 13.2. The van der Waals surface area contributed by atoms with Gasteiger partial charge in [0.05, 0.1) is 20.3 Å². The summed E-state index contributed by atoms with van der Waals surface area (Å²) in [5, 5.41) is 2.79. The van der Waals surface area contributed by atoms with Crippen molar-refractivity contribution in [2.24, 2.45) is 0 Å². The van der Waals surface area contributed by atoms with Gasteiger partial charge in [0.15, 0.2) is 0 Å². The van der Waals surface area contributed by atoms with Gasteiger partial charge in [0.1, 0.15) is 5.75 Å². The Morgan fingerprint density at radius 2 is 1.83 bits per heavy atom. The first-order chi connectivity index (χ1) is 11.3. The van der Waals surface area contributed by atoms with E-state index < -0.39 is 0 Å². The summed E-state index contributed by atoms with van der Waals surface area (Å²) >= 11 is 0. The molecule has 0 saturated heterocycles. The van der Waals surface area contributed by atoms with Crippen LogP contribution < -0.4 is 10.1 Å². The molecule has 0 fully saturated rings. The molecule has 2 aromatic carbocycles. The minimum atomic E-state index is -0.135. The number of carbonyl (C=O) groups is 1. The SMILES string of the molecule is COc1ccc(/C=C/C(=O)NCCOCc2ccccc2)cc1. The van der Waals surface area contributed by atoms with Gasteiger partial charge in [0.25, 0.3) is 0 Å². The van der Waals surface area contributed by atoms with Crippen LogP contribution in [-0.4, -0.2) is 26.2 Å². The van der Waals surface area contributed by atoms with E-state index in [4.69, 9.17) is 9.47 Å². The van der Waals surface area contributed by atoms with Gasteiger partial charge in [-0.05, 0) is 29.3 Å². The van der Waals surface area contributed by atoms with Crippen molar-refractivity contribution in [1.82, 2.24) is 5.32 Å². The van der Waals surface area contributed by atoms with Crippen LogP contribution in [0, 0.1) is 0 Å². The molecule has 0 spiro atoms. The van der Waals surface area contributed by atoms with Crippen LogP contribution in [0.5, 0.6) is 5.75 Å². The molecular weight excluding hydrogens is 290 g/mol. The number of nitrogens with one attached hydrogen (secondary N) is 1. The highest BCUT2D eigenvalue weighted by Gasteiger charge is 1.96. The molecule has 2 aromatic rings. The zero-order valence-electron chi connectivity index (χ0n) is 13.2. The molecule has 4 nitrogen and oxygen atoms in total. The molecule has 0 aromatic heterocycles. The lowest BCUT2D eigenvalue weighted by Crippen LogP contribution is -2.25. The summed E-state index contributed by atoms with van der Waals surface area (Å²) in [6, 6.07) is 17.4. The molecule has 23 heavy (non-hydrogen) atoms. The van der Waals surface area contributed by atoms with Crippen molar-refractivity contribution in [3.05, 3.63) is 71.8 Å². The summed E-state index contributed by atoms with van der Waals surface area (Å²) in [6.45, 7) is 1.52. The molecule has 0 aliphatic heterocycles. The molecule has 1 amide bonds. The molecule has 0 aliphatic rings. The van der Waals surface area contributed by atoms with E-state index in [0.29, 0.717) is 19.8 Å². The first-order valence-corrected chi connectivity index (χ1v) is 7.49. The van der Waals surface area contributed by atoms with Gasteiger partial charge in [0, 0.05) is 12.6 Å². The van der Waals surface area contributed by atoms with Crippen LogP contribution in [0.4, 0.5) is 0 Å². The van der Waals surface area contributed by atoms with Crippen LogP contribution >= 0.6 is 0 Å². The molecule has 120 valence electrons. The van der Waals surface area contributed by atoms with Gasteiger partial charge >= 0.3 is 0 Å². The third kappa shape index (κ3) is 6.36. The van der Waals surface area contributed by atoms with E-state index in [1.54, 1.807) is 13.2 Å². The average Bonchev–Trinajstić information content (AvgIpc) is 2.61. The molecule has 0 aliphatic carbocycles. The highest BCUT2D eigenvalue weighted by molar-refractivity contribution is 5.91. The van der Waals surface area contributed by atoms with Gasteiger partial charge in [-0.2, -0.15) is 0 Å². The molecule has 2 rings (SSSR count). The fourth-order valence-electron chi connectivity index (χ4n) is 1.96. The van der Waals surface area contributed by atoms with Gasteiger partial charge in [-0.1, -0.05) is 42.5 Å². The summed E-state index contributed by atoms with van der Waals surface area (Å²) in [7, 11) is 1.62. The second-order valence-corrected chi connectivity index (χ2v) is 4.94.